The standard InChI is InChI=1S/C2H2F4O3S.Li/c3-1(4)2(5,6)10(7,8)9;/h1H,(H,7,8,9);/q;+1/p-1. The Bertz CT molecular complexity index is 211. The normalized spacial score (nSPS) is 12.9. The monoisotopic (exact) mass is 188 g/mol. The topological polar surface area (TPSA) is 57.2 Å². The van der Waals surface area contributed by atoms with E-state index in [0.717, 1.165) is 0 Å². The summed E-state index contributed by atoms with van der Waals surface area (Å²) in [6.45, 7) is 0. The molecule has 9 heteroatoms. The van der Waals surface area contributed by atoms with Crippen molar-refractivity contribution in [2.75, 3.05) is 0 Å². The van der Waals surface area contributed by atoms with Crippen molar-refractivity contribution in [1.82, 2.24) is 0 Å². The molecule has 0 fully saturated rings. The van der Waals surface area contributed by atoms with E-state index in [-0.39, 0.29) is 18.9 Å². The minimum Gasteiger partial charge on any atom is -0.743 e. The van der Waals surface area contributed by atoms with Crippen molar-refractivity contribution in [2.24, 2.45) is 0 Å². The zero-order chi connectivity index (χ0) is 8.58. The fourth-order valence-corrected chi connectivity index (χ4v) is 0.327. The van der Waals surface area contributed by atoms with E-state index in [1.807, 2.05) is 0 Å². The van der Waals surface area contributed by atoms with Crippen molar-refractivity contribution >= 4 is 10.1 Å². The van der Waals surface area contributed by atoms with Gasteiger partial charge in [0.25, 0.3) is 0 Å². The maximum atomic E-state index is 11.4. The molecule has 0 rings (SSSR count). The summed E-state index contributed by atoms with van der Waals surface area (Å²) in [5, 5.41) is -5.48. The Morgan fingerprint density at radius 3 is 1.55 bits per heavy atom. The molecule has 0 amide bonds. The molecule has 0 N–H and O–H groups in total. The molecule has 0 bridgehead atoms. The second-order valence-electron chi connectivity index (χ2n) is 1.32. The van der Waals surface area contributed by atoms with E-state index in [2.05, 4.69) is 0 Å². The molecule has 0 aromatic carbocycles. The summed E-state index contributed by atoms with van der Waals surface area (Å²) in [6, 6.07) is 0. The molecule has 0 aliphatic carbocycles. The Morgan fingerprint density at radius 2 is 1.55 bits per heavy atom. The molecule has 0 saturated heterocycles. The second kappa shape index (κ2) is 3.76. The number of rotatable bonds is 2. The molecule has 0 aromatic heterocycles. The van der Waals surface area contributed by atoms with E-state index in [9.17, 15) is 30.5 Å². The van der Waals surface area contributed by atoms with Crippen LogP contribution in [0.25, 0.3) is 0 Å². The molecule has 0 saturated carbocycles. The van der Waals surface area contributed by atoms with E-state index in [0.29, 0.717) is 0 Å². The van der Waals surface area contributed by atoms with E-state index in [1.165, 1.54) is 0 Å². The SMILES string of the molecule is O=S(=O)([O-])C(F)(F)C(F)F.[Li+]. The summed E-state index contributed by atoms with van der Waals surface area (Å²) in [5.41, 5.74) is 0. The van der Waals surface area contributed by atoms with Gasteiger partial charge in [0.2, 0.25) is 0 Å². The van der Waals surface area contributed by atoms with Crippen LogP contribution in [0.1, 0.15) is 0 Å². The van der Waals surface area contributed by atoms with Gasteiger partial charge >= 0.3 is 30.5 Å². The third-order valence-corrected chi connectivity index (χ3v) is 1.43. The predicted octanol–water partition coefficient (Wildman–Crippen LogP) is -2.61. The maximum Gasteiger partial charge on any atom is 1.00 e. The third-order valence-electron chi connectivity index (χ3n) is 0.587. The smallest absolute Gasteiger partial charge is 0.743 e. The van der Waals surface area contributed by atoms with Gasteiger partial charge in [-0.3, -0.25) is 0 Å². The van der Waals surface area contributed by atoms with Gasteiger partial charge in [-0.05, 0) is 0 Å². The molecule has 0 radical (unpaired) electrons. The Morgan fingerprint density at radius 1 is 1.27 bits per heavy atom. The fraction of sp³-hybridized carbons (Fsp3) is 1.00. The van der Waals surface area contributed by atoms with E-state index < -0.39 is 21.8 Å². The zero-order valence-electron chi connectivity index (χ0n) is 5.22. The van der Waals surface area contributed by atoms with Gasteiger partial charge in [-0.15, -0.1) is 0 Å². The van der Waals surface area contributed by atoms with Crippen LogP contribution < -0.4 is 18.9 Å². The number of hydrogen-bond acceptors (Lipinski definition) is 3. The average Bonchev–Trinajstić information content (AvgIpc) is 1.62. The van der Waals surface area contributed by atoms with Crippen molar-refractivity contribution in [1.29, 1.82) is 0 Å². The van der Waals surface area contributed by atoms with Gasteiger partial charge in [0.15, 0.2) is 10.1 Å². The number of halogens is 4. The molecule has 0 aliphatic rings. The van der Waals surface area contributed by atoms with Gasteiger partial charge in [0.1, 0.15) is 0 Å². The van der Waals surface area contributed by atoms with Crippen LogP contribution >= 0.6 is 0 Å². The molecule has 0 aromatic rings. The van der Waals surface area contributed by atoms with E-state index >= 15 is 0 Å². The van der Waals surface area contributed by atoms with Gasteiger partial charge < -0.3 is 4.55 Å². The quantitative estimate of drug-likeness (QED) is 0.271. The van der Waals surface area contributed by atoms with Crippen LogP contribution in [-0.2, 0) is 10.1 Å². The molecule has 0 aliphatic heterocycles. The van der Waals surface area contributed by atoms with Crippen LogP contribution in [0.2, 0.25) is 0 Å². The second-order valence-corrected chi connectivity index (χ2v) is 2.77. The van der Waals surface area contributed by atoms with Crippen molar-refractivity contribution in [3.05, 3.63) is 0 Å². The van der Waals surface area contributed by atoms with Gasteiger partial charge in [0.05, 0.1) is 0 Å². The van der Waals surface area contributed by atoms with Crippen molar-refractivity contribution in [2.45, 2.75) is 11.7 Å². The first-order valence-corrected chi connectivity index (χ1v) is 3.22. The van der Waals surface area contributed by atoms with Crippen molar-refractivity contribution in [3.63, 3.8) is 0 Å². The zero-order valence-corrected chi connectivity index (χ0v) is 6.04. The molecule has 62 valence electrons. The Kier molecular flexibility index (Phi) is 4.71. The van der Waals surface area contributed by atoms with Gasteiger partial charge in [-0.25, -0.2) is 17.2 Å². The number of alkyl halides is 4. The molecule has 0 atom stereocenters. The predicted molar refractivity (Wildman–Crippen MR) is 20.6 cm³/mol. The van der Waals surface area contributed by atoms with E-state index in [1.54, 1.807) is 0 Å². The van der Waals surface area contributed by atoms with Crippen LogP contribution in [0.4, 0.5) is 17.6 Å². The first kappa shape index (κ1) is 13.8. The molecule has 0 heterocycles. The largest absolute Gasteiger partial charge is 1.00 e. The summed E-state index contributed by atoms with van der Waals surface area (Å²) in [4.78, 5) is 0. The fourth-order valence-electron chi connectivity index (χ4n) is 0.109. The first-order valence-electron chi connectivity index (χ1n) is 1.81. The van der Waals surface area contributed by atoms with Crippen LogP contribution in [0, 0.1) is 0 Å². The molecular weight excluding hydrogens is 187 g/mol. The summed E-state index contributed by atoms with van der Waals surface area (Å²) >= 11 is 0. The van der Waals surface area contributed by atoms with Crippen LogP contribution in [0.5, 0.6) is 0 Å². The molecule has 3 nitrogen and oxygen atoms in total. The molecule has 0 spiro atoms. The molecule has 11 heavy (non-hydrogen) atoms. The maximum absolute atomic E-state index is 11.4. The summed E-state index contributed by atoms with van der Waals surface area (Å²) in [6.07, 6.45) is -4.48. The van der Waals surface area contributed by atoms with Gasteiger partial charge in [-0.1, -0.05) is 0 Å². The minimum absolute atomic E-state index is 0. The third kappa shape index (κ3) is 2.99. The summed E-state index contributed by atoms with van der Waals surface area (Å²) in [7, 11) is -6.23. The van der Waals surface area contributed by atoms with E-state index in [4.69, 9.17) is 0 Å². The Hall–Kier alpha value is 0.227. The van der Waals surface area contributed by atoms with Crippen LogP contribution in [0.3, 0.4) is 0 Å². The first-order chi connectivity index (χ1) is 4.19. The molecular formula is C2HF4LiO3S. The van der Waals surface area contributed by atoms with Gasteiger partial charge in [-0.2, -0.15) is 8.78 Å². The summed E-state index contributed by atoms with van der Waals surface area (Å²) < 4.78 is 72.7. The minimum atomic E-state index is -6.23. The Balaban J connectivity index is 0. The van der Waals surface area contributed by atoms with Crippen LogP contribution in [-0.4, -0.2) is 24.7 Å². The van der Waals surface area contributed by atoms with Crippen molar-refractivity contribution < 1.29 is 49.4 Å². The summed E-state index contributed by atoms with van der Waals surface area (Å²) in [5.74, 6) is 0. The Labute approximate surface area is 71.7 Å². The van der Waals surface area contributed by atoms with Crippen molar-refractivity contribution in [3.8, 4) is 0 Å². The number of hydrogen-bond donors (Lipinski definition) is 0. The molecule has 0 unspecified atom stereocenters. The average molecular weight is 188 g/mol. The van der Waals surface area contributed by atoms with Crippen LogP contribution in [0.15, 0.2) is 0 Å². The van der Waals surface area contributed by atoms with Gasteiger partial charge in [0, 0.05) is 0 Å².